The van der Waals surface area contributed by atoms with Crippen LogP contribution in [0.5, 0.6) is 0 Å². The Bertz CT molecular complexity index is 397. The second kappa shape index (κ2) is 4.47. The first-order chi connectivity index (χ1) is 7.36. The average molecular weight is 223 g/mol. The SMILES string of the molecule is CCOC(=O)c1cnc(C(C)(C)C)nc1N. The molecule has 0 atom stereocenters. The maximum Gasteiger partial charge on any atom is 0.343 e. The van der Waals surface area contributed by atoms with Crippen LogP contribution >= 0.6 is 0 Å². The molecule has 0 bridgehead atoms. The van der Waals surface area contributed by atoms with Crippen molar-refractivity contribution < 1.29 is 9.53 Å². The lowest BCUT2D eigenvalue weighted by Crippen LogP contribution is -2.19. The van der Waals surface area contributed by atoms with Crippen LogP contribution in [0.15, 0.2) is 6.20 Å². The van der Waals surface area contributed by atoms with Crippen LogP contribution in [0.3, 0.4) is 0 Å². The Labute approximate surface area is 95.0 Å². The smallest absolute Gasteiger partial charge is 0.343 e. The molecule has 0 saturated carbocycles. The first-order valence-electron chi connectivity index (χ1n) is 5.16. The third kappa shape index (κ3) is 2.68. The molecule has 88 valence electrons. The highest BCUT2D eigenvalue weighted by atomic mass is 16.5. The third-order valence-corrected chi connectivity index (χ3v) is 1.98. The molecule has 0 saturated heterocycles. The molecular formula is C11H17N3O2. The van der Waals surface area contributed by atoms with Crippen LogP contribution in [0.2, 0.25) is 0 Å². The molecule has 0 aliphatic rings. The van der Waals surface area contributed by atoms with Gasteiger partial charge in [-0.05, 0) is 6.92 Å². The Balaban J connectivity index is 3.05. The standard InChI is InChI=1S/C11H17N3O2/c1-5-16-9(15)7-6-13-10(11(2,3)4)14-8(7)12/h6H,5H2,1-4H3,(H2,12,13,14). The van der Waals surface area contributed by atoms with Crippen molar-refractivity contribution >= 4 is 11.8 Å². The number of nitrogen functional groups attached to an aromatic ring is 1. The monoisotopic (exact) mass is 223 g/mol. The van der Waals surface area contributed by atoms with Gasteiger partial charge in [0.2, 0.25) is 0 Å². The van der Waals surface area contributed by atoms with Gasteiger partial charge < -0.3 is 10.5 Å². The minimum atomic E-state index is -0.486. The lowest BCUT2D eigenvalue weighted by molar-refractivity contribution is 0.0526. The van der Waals surface area contributed by atoms with Crippen LogP contribution in [0, 0.1) is 0 Å². The molecule has 16 heavy (non-hydrogen) atoms. The van der Waals surface area contributed by atoms with Crippen molar-refractivity contribution in [2.24, 2.45) is 0 Å². The maximum atomic E-state index is 11.4. The second-order valence-corrected chi connectivity index (χ2v) is 4.46. The van der Waals surface area contributed by atoms with Crippen molar-refractivity contribution in [2.75, 3.05) is 12.3 Å². The zero-order valence-corrected chi connectivity index (χ0v) is 10.1. The third-order valence-electron chi connectivity index (χ3n) is 1.98. The summed E-state index contributed by atoms with van der Waals surface area (Å²) in [6, 6.07) is 0. The molecule has 0 radical (unpaired) electrons. The quantitative estimate of drug-likeness (QED) is 0.769. The van der Waals surface area contributed by atoms with E-state index in [1.165, 1.54) is 6.20 Å². The highest BCUT2D eigenvalue weighted by Crippen LogP contribution is 2.20. The maximum absolute atomic E-state index is 11.4. The highest BCUT2D eigenvalue weighted by molar-refractivity contribution is 5.93. The van der Waals surface area contributed by atoms with E-state index in [-0.39, 0.29) is 16.8 Å². The predicted molar refractivity (Wildman–Crippen MR) is 61.1 cm³/mol. The summed E-state index contributed by atoms with van der Waals surface area (Å²) in [4.78, 5) is 19.7. The van der Waals surface area contributed by atoms with Crippen LogP contribution in [0.25, 0.3) is 0 Å². The number of hydrogen-bond acceptors (Lipinski definition) is 5. The normalized spacial score (nSPS) is 11.2. The Morgan fingerprint density at radius 1 is 1.50 bits per heavy atom. The average Bonchev–Trinajstić information content (AvgIpc) is 2.16. The van der Waals surface area contributed by atoms with E-state index in [2.05, 4.69) is 9.97 Å². The Morgan fingerprint density at radius 3 is 2.56 bits per heavy atom. The number of nitrogens with two attached hydrogens (primary N) is 1. The van der Waals surface area contributed by atoms with Gasteiger partial charge in [0.05, 0.1) is 6.61 Å². The largest absolute Gasteiger partial charge is 0.462 e. The van der Waals surface area contributed by atoms with Gasteiger partial charge in [0.1, 0.15) is 17.2 Å². The van der Waals surface area contributed by atoms with Crippen LogP contribution in [0.1, 0.15) is 43.9 Å². The number of anilines is 1. The molecule has 0 amide bonds. The number of aromatic nitrogens is 2. The summed E-state index contributed by atoms with van der Waals surface area (Å²) in [6.45, 7) is 7.97. The zero-order valence-electron chi connectivity index (χ0n) is 10.1. The molecule has 2 N–H and O–H groups in total. The van der Waals surface area contributed by atoms with E-state index in [1.807, 2.05) is 20.8 Å². The minimum absolute atomic E-state index is 0.165. The van der Waals surface area contributed by atoms with E-state index in [0.717, 1.165) is 0 Å². The molecule has 1 aromatic heterocycles. The molecule has 5 heteroatoms. The molecular weight excluding hydrogens is 206 g/mol. The molecule has 0 fully saturated rings. The molecule has 1 rings (SSSR count). The molecule has 1 heterocycles. The Morgan fingerprint density at radius 2 is 2.12 bits per heavy atom. The lowest BCUT2D eigenvalue weighted by atomic mass is 9.95. The van der Waals surface area contributed by atoms with E-state index in [4.69, 9.17) is 10.5 Å². The van der Waals surface area contributed by atoms with Gasteiger partial charge in [-0.1, -0.05) is 20.8 Å². The summed E-state index contributed by atoms with van der Waals surface area (Å²) in [5, 5.41) is 0. The number of esters is 1. The van der Waals surface area contributed by atoms with Gasteiger partial charge in [-0.2, -0.15) is 0 Å². The summed E-state index contributed by atoms with van der Waals surface area (Å²) in [5.41, 5.74) is 5.72. The van der Waals surface area contributed by atoms with Crippen molar-refractivity contribution in [2.45, 2.75) is 33.1 Å². The first-order valence-corrected chi connectivity index (χ1v) is 5.16. The van der Waals surface area contributed by atoms with E-state index in [1.54, 1.807) is 6.92 Å². The van der Waals surface area contributed by atoms with Gasteiger partial charge in [0, 0.05) is 11.6 Å². The summed E-state index contributed by atoms with van der Waals surface area (Å²) < 4.78 is 4.84. The Hall–Kier alpha value is -1.65. The number of ether oxygens (including phenoxy) is 1. The molecule has 0 aliphatic carbocycles. The fourth-order valence-electron chi connectivity index (χ4n) is 1.12. The van der Waals surface area contributed by atoms with Gasteiger partial charge in [-0.3, -0.25) is 0 Å². The first kappa shape index (κ1) is 12.4. The fraction of sp³-hybridized carbons (Fsp3) is 0.545. The van der Waals surface area contributed by atoms with Crippen molar-refractivity contribution in [1.29, 1.82) is 0 Å². The molecule has 0 spiro atoms. The van der Waals surface area contributed by atoms with Crippen LogP contribution in [-0.2, 0) is 10.2 Å². The number of rotatable bonds is 2. The highest BCUT2D eigenvalue weighted by Gasteiger charge is 2.20. The molecule has 0 unspecified atom stereocenters. The minimum Gasteiger partial charge on any atom is -0.462 e. The summed E-state index contributed by atoms with van der Waals surface area (Å²) in [6.07, 6.45) is 1.42. The van der Waals surface area contributed by atoms with Gasteiger partial charge >= 0.3 is 5.97 Å². The van der Waals surface area contributed by atoms with E-state index >= 15 is 0 Å². The zero-order chi connectivity index (χ0) is 12.3. The Kier molecular flexibility index (Phi) is 3.47. The summed E-state index contributed by atoms with van der Waals surface area (Å²) >= 11 is 0. The molecule has 0 aromatic carbocycles. The fourth-order valence-corrected chi connectivity index (χ4v) is 1.12. The number of nitrogens with zero attached hydrogens (tertiary/aromatic N) is 2. The van der Waals surface area contributed by atoms with E-state index < -0.39 is 5.97 Å². The van der Waals surface area contributed by atoms with Crippen LogP contribution < -0.4 is 5.73 Å². The van der Waals surface area contributed by atoms with Crippen molar-refractivity contribution in [3.8, 4) is 0 Å². The van der Waals surface area contributed by atoms with Gasteiger partial charge in [-0.15, -0.1) is 0 Å². The predicted octanol–water partition coefficient (Wildman–Crippen LogP) is 1.53. The second-order valence-electron chi connectivity index (χ2n) is 4.46. The lowest BCUT2D eigenvalue weighted by Gasteiger charge is -2.17. The van der Waals surface area contributed by atoms with Gasteiger partial charge in [0.25, 0.3) is 0 Å². The van der Waals surface area contributed by atoms with E-state index in [0.29, 0.717) is 12.4 Å². The number of carbonyl (C=O) groups excluding carboxylic acids is 1. The topological polar surface area (TPSA) is 78.1 Å². The van der Waals surface area contributed by atoms with Gasteiger partial charge in [0.15, 0.2) is 0 Å². The van der Waals surface area contributed by atoms with Gasteiger partial charge in [-0.25, -0.2) is 14.8 Å². The summed E-state index contributed by atoms with van der Waals surface area (Å²) in [7, 11) is 0. The summed E-state index contributed by atoms with van der Waals surface area (Å²) in [5.74, 6) is 0.289. The van der Waals surface area contributed by atoms with Crippen molar-refractivity contribution in [3.63, 3.8) is 0 Å². The number of hydrogen-bond donors (Lipinski definition) is 1. The number of carbonyl (C=O) groups is 1. The molecule has 5 nitrogen and oxygen atoms in total. The molecule has 0 aliphatic heterocycles. The van der Waals surface area contributed by atoms with E-state index in [9.17, 15) is 4.79 Å². The van der Waals surface area contributed by atoms with Crippen LogP contribution in [0.4, 0.5) is 5.82 Å². The van der Waals surface area contributed by atoms with Crippen LogP contribution in [-0.4, -0.2) is 22.5 Å². The van der Waals surface area contributed by atoms with Crippen molar-refractivity contribution in [1.82, 2.24) is 9.97 Å². The molecule has 1 aromatic rings. The van der Waals surface area contributed by atoms with Crippen molar-refractivity contribution in [3.05, 3.63) is 17.6 Å².